The van der Waals surface area contributed by atoms with Crippen LogP contribution in [0.25, 0.3) is 22.8 Å². The molecule has 3 rings (SSSR count). The standard InChI is InChI=1S/C11H7FN4O2/c12-7-3-1-2-6(4-7)8-5-9(15-14-8)10-13-11(17)18-16-10/h1-5H,(H,14,15)(H,13,16,17). The number of nitrogens with one attached hydrogen (secondary N) is 2. The van der Waals surface area contributed by atoms with Crippen LogP contribution in [0.1, 0.15) is 0 Å². The maximum atomic E-state index is 13.1. The first-order valence-electron chi connectivity index (χ1n) is 5.10. The van der Waals surface area contributed by atoms with Gasteiger partial charge in [-0.3, -0.25) is 14.6 Å². The fourth-order valence-electron chi connectivity index (χ4n) is 1.58. The summed E-state index contributed by atoms with van der Waals surface area (Å²) in [6, 6.07) is 7.69. The molecule has 1 aromatic carbocycles. The summed E-state index contributed by atoms with van der Waals surface area (Å²) in [5.74, 6) is -0.742. The van der Waals surface area contributed by atoms with Crippen LogP contribution in [-0.4, -0.2) is 20.3 Å². The summed E-state index contributed by atoms with van der Waals surface area (Å²) < 4.78 is 17.5. The zero-order chi connectivity index (χ0) is 12.5. The molecule has 0 aliphatic heterocycles. The molecule has 6 nitrogen and oxygen atoms in total. The third kappa shape index (κ3) is 1.81. The minimum atomic E-state index is -0.646. The molecule has 0 amide bonds. The van der Waals surface area contributed by atoms with Crippen molar-refractivity contribution >= 4 is 0 Å². The zero-order valence-corrected chi connectivity index (χ0v) is 8.98. The second-order valence-electron chi connectivity index (χ2n) is 3.62. The van der Waals surface area contributed by atoms with Crippen LogP contribution in [0.15, 0.2) is 39.6 Å². The van der Waals surface area contributed by atoms with Gasteiger partial charge in [-0.05, 0) is 18.2 Å². The van der Waals surface area contributed by atoms with Crippen LogP contribution in [0.2, 0.25) is 0 Å². The molecule has 0 atom stereocenters. The van der Waals surface area contributed by atoms with Gasteiger partial charge in [-0.1, -0.05) is 17.3 Å². The smallest absolute Gasteiger partial charge is 0.296 e. The number of hydrogen-bond donors (Lipinski definition) is 2. The quantitative estimate of drug-likeness (QED) is 0.718. The molecule has 0 aliphatic carbocycles. The van der Waals surface area contributed by atoms with Crippen LogP contribution in [0.3, 0.4) is 0 Å². The minimum absolute atomic E-state index is 0.246. The Morgan fingerprint density at radius 3 is 2.89 bits per heavy atom. The van der Waals surface area contributed by atoms with E-state index < -0.39 is 5.76 Å². The van der Waals surface area contributed by atoms with E-state index in [1.54, 1.807) is 18.2 Å². The van der Waals surface area contributed by atoms with Gasteiger partial charge < -0.3 is 0 Å². The van der Waals surface area contributed by atoms with Gasteiger partial charge in [-0.15, -0.1) is 0 Å². The van der Waals surface area contributed by atoms with Gasteiger partial charge in [0, 0.05) is 5.56 Å². The molecule has 18 heavy (non-hydrogen) atoms. The van der Waals surface area contributed by atoms with E-state index in [2.05, 4.69) is 24.9 Å². The van der Waals surface area contributed by atoms with Gasteiger partial charge in [-0.25, -0.2) is 9.18 Å². The van der Waals surface area contributed by atoms with Crippen LogP contribution < -0.4 is 5.76 Å². The Bertz CT molecular complexity index is 743. The topological polar surface area (TPSA) is 87.6 Å². The Kier molecular flexibility index (Phi) is 2.30. The zero-order valence-electron chi connectivity index (χ0n) is 8.98. The van der Waals surface area contributed by atoms with Crippen LogP contribution >= 0.6 is 0 Å². The third-order valence-electron chi connectivity index (χ3n) is 2.39. The molecular weight excluding hydrogens is 239 g/mol. The van der Waals surface area contributed by atoms with Crippen molar-refractivity contribution in [1.29, 1.82) is 0 Å². The number of aromatic amines is 2. The predicted octanol–water partition coefficient (Wildman–Crippen LogP) is 1.56. The van der Waals surface area contributed by atoms with E-state index in [9.17, 15) is 9.18 Å². The van der Waals surface area contributed by atoms with Crippen molar-refractivity contribution < 1.29 is 8.91 Å². The van der Waals surface area contributed by atoms with Crippen LogP contribution in [-0.2, 0) is 0 Å². The summed E-state index contributed by atoms with van der Waals surface area (Å²) in [4.78, 5) is 13.2. The van der Waals surface area contributed by atoms with E-state index in [1.807, 2.05) is 0 Å². The number of nitrogens with zero attached hydrogens (tertiary/aromatic N) is 2. The number of H-pyrrole nitrogens is 2. The summed E-state index contributed by atoms with van der Waals surface area (Å²) in [7, 11) is 0. The lowest BCUT2D eigenvalue weighted by molar-refractivity contribution is 0.387. The second kappa shape index (κ2) is 3.95. The van der Waals surface area contributed by atoms with Crippen molar-refractivity contribution in [3.63, 3.8) is 0 Å². The third-order valence-corrected chi connectivity index (χ3v) is 2.39. The van der Waals surface area contributed by atoms with E-state index in [0.717, 1.165) is 0 Å². The fraction of sp³-hybridized carbons (Fsp3) is 0. The van der Waals surface area contributed by atoms with E-state index in [1.165, 1.54) is 12.1 Å². The summed E-state index contributed by atoms with van der Waals surface area (Å²) >= 11 is 0. The lowest BCUT2D eigenvalue weighted by Gasteiger charge is -1.94. The highest BCUT2D eigenvalue weighted by Crippen LogP contribution is 2.21. The Morgan fingerprint density at radius 2 is 2.17 bits per heavy atom. The molecule has 7 heteroatoms. The lowest BCUT2D eigenvalue weighted by Crippen LogP contribution is -1.94. The first-order chi connectivity index (χ1) is 8.72. The van der Waals surface area contributed by atoms with Gasteiger partial charge in [0.05, 0.1) is 5.69 Å². The molecule has 2 N–H and O–H groups in total. The first-order valence-corrected chi connectivity index (χ1v) is 5.10. The highest BCUT2D eigenvalue weighted by molar-refractivity contribution is 5.64. The summed E-state index contributed by atoms with van der Waals surface area (Å²) in [6.45, 7) is 0. The summed E-state index contributed by atoms with van der Waals surface area (Å²) in [5, 5.41) is 10.2. The molecule has 0 fully saturated rings. The fourth-order valence-corrected chi connectivity index (χ4v) is 1.58. The molecule has 3 aromatic rings. The van der Waals surface area contributed by atoms with Crippen molar-refractivity contribution in [3.8, 4) is 22.8 Å². The minimum Gasteiger partial charge on any atom is -0.296 e. The highest BCUT2D eigenvalue weighted by atomic mass is 19.1. The van der Waals surface area contributed by atoms with E-state index in [0.29, 0.717) is 17.0 Å². The molecule has 0 saturated heterocycles. The van der Waals surface area contributed by atoms with Gasteiger partial charge in [0.2, 0.25) is 5.82 Å². The molecule has 2 heterocycles. The Labute approximate surface area is 99.5 Å². The normalized spacial score (nSPS) is 10.7. The number of hydrogen-bond acceptors (Lipinski definition) is 4. The van der Waals surface area contributed by atoms with E-state index >= 15 is 0 Å². The summed E-state index contributed by atoms with van der Waals surface area (Å²) in [5.41, 5.74) is 1.66. The Morgan fingerprint density at radius 1 is 1.28 bits per heavy atom. The molecule has 0 aliphatic rings. The number of aromatic nitrogens is 4. The lowest BCUT2D eigenvalue weighted by atomic mass is 10.1. The molecule has 0 bridgehead atoms. The van der Waals surface area contributed by atoms with Gasteiger partial charge in [-0.2, -0.15) is 5.10 Å². The van der Waals surface area contributed by atoms with Crippen molar-refractivity contribution in [2.45, 2.75) is 0 Å². The monoisotopic (exact) mass is 246 g/mol. The Balaban J connectivity index is 2.01. The second-order valence-corrected chi connectivity index (χ2v) is 3.62. The van der Waals surface area contributed by atoms with Gasteiger partial charge in [0.1, 0.15) is 11.5 Å². The van der Waals surface area contributed by atoms with Crippen molar-refractivity contribution in [2.75, 3.05) is 0 Å². The highest BCUT2D eigenvalue weighted by Gasteiger charge is 2.09. The summed E-state index contributed by atoms with van der Waals surface area (Å²) in [6.07, 6.45) is 0. The molecule has 0 radical (unpaired) electrons. The van der Waals surface area contributed by atoms with Crippen molar-refractivity contribution in [3.05, 3.63) is 46.7 Å². The van der Waals surface area contributed by atoms with E-state index in [4.69, 9.17) is 0 Å². The van der Waals surface area contributed by atoms with Gasteiger partial charge in [0.15, 0.2) is 0 Å². The SMILES string of the molecule is O=c1[nH]c(-c2cc(-c3cccc(F)c3)n[nH]2)no1. The Hall–Kier alpha value is -2.70. The average molecular weight is 246 g/mol. The number of halogens is 1. The van der Waals surface area contributed by atoms with Crippen molar-refractivity contribution in [1.82, 2.24) is 20.3 Å². The maximum Gasteiger partial charge on any atom is 0.439 e. The van der Waals surface area contributed by atoms with Crippen LogP contribution in [0.5, 0.6) is 0 Å². The number of rotatable bonds is 2. The average Bonchev–Trinajstić information content (AvgIpc) is 2.97. The maximum absolute atomic E-state index is 13.1. The van der Waals surface area contributed by atoms with Crippen LogP contribution in [0.4, 0.5) is 4.39 Å². The van der Waals surface area contributed by atoms with Crippen LogP contribution in [0, 0.1) is 5.82 Å². The largest absolute Gasteiger partial charge is 0.439 e. The molecule has 0 spiro atoms. The first kappa shape index (κ1) is 10.5. The molecule has 2 aromatic heterocycles. The molecule has 0 unspecified atom stereocenters. The van der Waals surface area contributed by atoms with Crippen molar-refractivity contribution in [2.24, 2.45) is 0 Å². The van der Waals surface area contributed by atoms with E-state index in [-0.39, 0.29) is 11.6 Å². The molecule has 0 saturated carbocycles. The number of benzene rings is 1. The van der Waals surface area contributed by atoms with Gasteiger partial charge >= 0.3 is 5.76 Å². The molecule has 90 valence electrons. The molecular formula is C11H7FN4O2. The van der Waals surface area contributed by atoms with Gasteiger partial charge in [0.25, 0.3) is 0 Å². The predicted molar refractivity (Wildman–Crippen MR) is 60.1 cm³/mol.